The van der Waals surface area contributed by atoms with Gasteiger partial charge in [0.1, 0.15) is 0 Å². The van der Waals surface area contributed by atoms with Crippen LogP contribution in [0.3, 0.4) is 0 Å². The first-order chi connectivity index (χ1) is 9.61. The summed E-state index contributed by atoms with van der Waals surface area (Å²) in [4.78, 5) is 22.8. The quantitative estimate of drug-likeness (QED) is 0.793. The first kappa shape index (κ1) is 16.5. The Kier molecular flexibility index (Phi) is 4.96. The van der Waals surface area contributed by atoms with Crippen molar-refractivity contribution in [1.29, 1.82) is 0 Å². The molecule has 0 fully saturated rings. The smallest absolute Gasteiger partial charge is 0.475 e. The van der Waals surface area contributed by atoms with E-state index in [0.717, 1.165) is 16.5 Å². The van der Waals surface area contributed by atoms with Gasteiger partial charge in [-0.25, -0.2) is 4.79 Å². The lowest BCUT2D eigenvalue weighted by Gasteiger charge is -1.96. The molecule has 0 saturated heterocycles. The highest BCUT2D eigenvalue weighted by Crippen LogP contribution is 2.19. The summed E-state index contributed by atoms with van der Waals surface area (Å²) < 4.78 is 31.7. The van der Waals surface area contributed by atoms with E-state index in [1.54, 1.807) is 0 Å². The monoisotopic (exact) mass is 302 g/mol. The third-order valence-corrected chi connectivity index (χ3v) is 2.53. The zero-order chi connectivity index (χ0) is 16.2. The Morgan fingerprint density at radius 3 is 2.38 bits per heavy atom. The van der Waals surface area contributed by atoms with Crippen molar-refractivity contribution in [2.24, 2.45) is 5.73 Å². The van der Waals surface area contributed by atoms with Crippen LogP contribution in [-0.4, -0.2) is 28.1 Å². The first-order valence-corrected chi connectivity index (χ1v) is 5.76. The predicted octanol–water partition coefficient (Wildman–Crippen LogP) is 2.14. The Morgan fingerprint density at radius 1 is 1.33 bits per heavy atom. The van der Waals surface area contributed by atoms with Crippen LogP contribution in [-0.2, 0) is 16.0 Å². The summed E-state index contributed by atoms with van der Waals surface area (Å²) in [5, 5.41) is 8.21. The number of hydrogen-bond acceptors (Lipinski definition) is 2. The maximum Gasteiger partial charge on any atom is 0.490 e. The number of carboxylic acids is 1. The van der Waals surface area contributed by atoms with E-state index in [-0.39, 0.29) is 5.91 Å². The predicted molar refractivity (Wildman–Crippen MR) is 69.6 cm³/mol. The van der Waals surface area contributed by atoms with Crippen molar-refractivity contribution in [2.75, 3.05) is 0 Å². The van der Waals surface area contributed by atoms with Crippen LogP contribution >= 0.6 is 0 Å². The number of carbonyl (C=O) groups excluding carboxylic acids is 1. The lowest BCUT2D eigenvalue weighted by Crippen LogP contribution is -2.21. The molecule has 0 aliphatic heterocycles. The maximum atomic E-state index is 10.8. The van der Waals surface area contributed by atoms with Gasteiger partial charge in [0, 0.05) is 17.1 Å². The largest absolute Gasteiger partial charge is 0.490 e. The van der Waals surface area contributed by atoms with Gasteiger partial charge in [-0.05, 0) is 24.6 Å². The van der Waals surface area contributed by atoms with Gasteiger partial charge < -0.3 is 15.8 Å². The first-order valence-electron chi connectivity index (χ1n) is 5.76. The molecule has 2 rings (SSSR count). The third-order valence-electron chi connectivity index (χ3n) is 2.53. The zero-order valence-electron chi connectivity index (χ0n) is 11.0. The minimum atomic E-state index is -5.08. The summed E-state index contributed by atoms with van der Waals surface area (Å²) in [5.41, 5.74) is 8.36. The van der Waals surface area contributed by atoms with E-state index in [1.807, 2.05) is 25.3 Å². The van der Waals surface area contributed by atoms with Crippen LogP contribution in [0, 0.1) is 6.92 Å². The molecule has 1 heterocycles. The highest BCUT2D eigenvalue weighted by molar-refractivity contribution is 5.88. The molecule has 0 bridgehead atoms. The standard InChI is InChI=1S/C11H12N2O.C2HF3O2/c1-7-2-3-10-9(4-7)8(6-13-10)5-11(12)14;3-2(4,5)1(6)7/h2-4,6,13H,5H2,1H3,(H2,12,14);(H,6,7). The number of nitrogens with one attached hydrogen (secondary N) is 1. The van der Waals surface area contributed by atoms with Crippen LogP contribution in [0.4, 0.5) is 13.2 Å². The van der Waals surface area contributed by atoms with E-state index in [9.17, 15) is 18.0 Å². The minimum absolute atomic E-state index is 0.295. The number of alkyl halides is 3. The van der Waals surface area contributed by atoms with Crippen molar-refractivity contribution in [2.45, 2.75) is 19.5 Å². The van der Waals surface area contributed by atoms with E-state index in [4.69, 9.17) is 15.6 Å². The fourth-order valence-corrected chi connectivity index (χ4v) is 1.63. The van der Waals surface area contributed by atoms with Gasteiger partial charge in [0.15, 0.2) is 0 Å². The highest BCUT2D eigenvalue weighted by atomic mass is 19.4. The molecule has 8 heteroatoms. The molecule has 2 aromatic rings. The number of benzene rings is 1. The number of primary amides is 1. The van der Waals surface area contributed by atoms with E-state index in [2.05, 4.69) is 11.1 Å². The van der Waals surface area contributed by atoms with Crippen molar-refractivity contribution in [1.82, 2.24) is 4.98 Å². The van der Waals surface area contributed by atoms with Crippen LogP contribution in [0.5, 0.6) is 0 Å². The van der Waals surface area contributed by atoms with Crippen LogP contribution in [0.2, 0.25) is 0 Å². The molecular formula is C13H13F3N2O3. The molecule has 1 aromatic heterocycles. The number of carboxylic acid groups (broad SMARTS) is 1. The Balaban J connectivity index is 0.000000270. The second kappa shape index (κ2) is 6.29. The molecule has 0 unspecified atom stereocenters. The van der Waals surface area contributed by atoms with Gasteiger partial charge in [0.2, 0.25) is 5.91 Å². The number of carbonyl (C=O) groups is 2. The normalized spacial score (nSPS) is 10.9. The Bertz CT molecular complexity index is 662. The van der Waals surface area contributed by atoms with Crippen molar-refractivity contribution in [3.8, 4) is 0 Å². The number of rotatable bonds is 2. The van der Waals surface area contributed by atoms with Crippen molar-refractivity contribution >= 4 is 22.8 Å². The number of aryl methyl sites for hydroxylation is 1. The number of halogens is 3. The zero-order valence-corrected chi connectivity index (χ0v) is 11.0. The summed E-state index contributed by atoms with van der Waals surface area (Å²) in [6.07, 6.45) is -2.95. The average Bonchev–Trinajstić information content (AvgIpc) is 2.71. The van der Waals surface area contributed by atoms with Gasteiger partial charge in [-0.3, -0.25) is 4.79 Å². The molecule has 0 aliphatic carbocycles. The molecule has 1 amide bonds. The van der Waals surface area contributed by atoms with E-state index in [0.29, 0.717) is 6.42 Å². The summed E-state index contributed by atoms with van der Waals surface area (Å²) in [5.74, 6) is -3.06. The Hall–Kier alpha value is -2.51. The fraction of sp³-hybridized carbons (Fsp3) is 0.231. The SMILES string of the molecule is Cc1ccc2[nH]cc(CC(N)=O)c2c1.O=C(O)C(F)(F)F. The van der Waals surface area contributed by atoms with Crippen LogP contribution in [0.25, 0.3) is 10.9 Å². The van der Waals surface area contributed by atoms with Gasteiger partial charge in [-0.1, -0.05) is 11.6 Å². The van der Waals surface area contributed by atoms with Crippen LogP contribution in [0.15, 0.2) is 24.4 Å². The molecule has 4 N–H and O–H groups in total. The number of aliphatic carboxylic acids is 1. The highest BCUT2D eigenvalue weighted by Gasteiger charge is 2.38. The van der Waals surface area contributed by atoms with Gasteiger partial charge in [0.25, 0.3) is 0 Å². The lowest BCUT2D eigenvalue weighted by molar-refractivity contribution is -0.192. The van der Waals surface area contributed by atoms with E-state index >= 15 is 0 Å². The van der Waals surface area contributed by atoms with Gasteiger partial charge >= 0.3 is 12.1 Å². The summed E-state index contributed by atoms with van der Waals surface area (Å²) >= 11 is 0. The molecule has 0 atom stereocenters. The number of aromatic amines is 1. The number of amides is 1. The molecule has 114 valence electrons. The summed E-state index contributed by atoms with van der Waals surface area (Å²) in [7, 11) is 0. The number of H-pyrrole nitrogens is 1. The van der Waals surface area contributed by atoms with Crippen molar-refractivity contribution in [3.63, 3.8) is 0 Å². The van der Waals surface area contributed by atoms with Gasteiger partial charge in [-0.15, -0.1) is 0 Å². The fourth-order valence-electron chi connectivity index (χ4n) is 1.63. The lowest BCUT2D eigenvalue weighted by atomic mass is 10.1. The van der Waals surface area contributed by atoms with Crippen LogP contribution in [0.1, 0.15) is 11.1 Å². The number of nitrogens with two attached hydrogens (primary N) is 1. The topological polar surface area (TPSA) is 96.2 Å². The van der Waals surface area contributed by atoms with Gasteiger partial charge in [-0.2, -0.15) is 13.2 Å². The molecular weight excluding hydrogens is 289 g/mol. The maximum absolute atomic E-state index is 10.8. The van der Waals surface area contributed by atoms with Crippen molar-refractivity contribution in [3.05, 3.63) is 35.5 Å². The van der Waals surface area contributed by atoms with Crippen LogP contribution < -0.4 is 5.73 Å². The molecule has 0 radical (unpaired) electrons. The molecule has 1 aromatic carbocycles. The van der Waals surface area contributed by atoms with Crippen molar-refractivity contribution < 1.29 is 27.9 Å². The molecule has 0 spiro atoms. The Morgan fingerprint density at radius 2 is 1.90 bits per heavy atom. The second-order valence-electron chi connectivity index (χ2n) is 4.31. The van der Waals surface area contributed by atoms with Gasteiger partial charge in [0.05, 0.1) is 6.42 Å². The number of aromatic nitrogens is 1. The molecule has 5 nitrogen and oxygen atoms in total. The summed E-state index contributed by atoms with van der Waals surface area (Å²) in [6, 6.07) is 6.10. The second-order valence-corrected chi connectivity index (χ2v) is 4.31. The van der Waals surface area contributed by atoms with E-state index in [1.165, 1.54) is 5.56 Å². The molecule has 21 heavy (non-hydrogen) atoms. The number of hydrogen-bond donors (Lipinski definition) is 3. The molecule has 0 saturated carbocycles. The number of fused-ring (bicyclic) bond motifs is 1. The summed E-state index contributed by atoms with van der Waals surface area (Å²) in [6.45, 7) is 2.03. The third kappa shape index (κ3) is 4.83. The average molecular weight is 302 g/mol. The Labute approximate surface area is 117 Å². The minimum Gasteiger partial charge on any atom is -0.475 e. The molecule has 0 aliphatic rings. The van der Waals surface area contributed by atoms with E-state index < -0.39 is 12.1 Å².